The van der Waals surface area contributed by atoms with E-state index in [0.29, 0.717) is 52.6 Å². The van der Waals surface area contributed by atoms with Crippen molar-refractivity contribution >= 4 is 12.1 Å². The Labute approximate surface area is 228 Å². The van der Waals surface area contributed by atoms with Crippen LogP contribution in [0.15, 0.2) is 24.3 Å². The number of amides is 1. The molecule has 9 heteroatoms. The third kappa shape index (κ3) is 20.7. The first-order valence-corrected chi connectivity index (χ1v) is 13.8. The maximum atomic E-state index is 11.8. The first-order valence-electron chi connectivity index (χ1n) is 13.8. The molecule has 0 aromatic heterocycles. The van der Waals surface area contributed by atoms with Gasteiger partial charge in [0.25, 0.3) is 0 Å². The molecule has 0 aliphatic rings. The molecule has 0 heterocycles. The molecular weight excluding hydrogens is 490 g/mol. The third-order valence-electron chi connectivity index (χ3n) is 5.33. The highest BCUT2D eigenvalue weighted by Gasteiger charge is 2.15. The van der Waals surface area contributed by atoms with Crippen molar-refractivity contribution in [1.82, 2.24) is 5.32 Å². The van der Waals surface area contributed by atoms with E-state index in [2.05, 4.69) is 10.1 Å². The molecule has 0 aliphatic heterocycles. The molecule has 1 rings (SSSR count). The molecule has 0 fully saturated rings. The van der Waals surface area contributed by atoms with Gasteiger partial charge < -0.3 is 33.7 Å². The fourth-order valence-corrected chi connectivity index (χ4v) is 3.38. The van der Waals surface area contributed by atoms with E-state index in [1.807, 2.05) is 45.0 Å². The molecule has 1 aromatic rings. The Morgan fingerprint density at radius 3 is 1.95 bits per heavy atom. The molecule has 0 unspecified atom stereocenters. The summed E-state index contributed by atoms with van der Waals surface area (Å²) in [5.41, 5.74) is 0.452. The largest absolute Gasteiger partial charge is 0.494 e. The average Bonchev–Trinajstić information content (AvgIpc) is 2.88. The molecule has 0 atom stereocenters. The van der Waals surface area contributed by atoms with Gasteiger partial charge in [0.15, 0.2) is 0 Å². The van der Waals surface area contributed by atoms with Crippen LogP contribution in [0.3, 0.4) is 0 Å². The minimum Gasteiger partial charge on any atom is -0.494 e. The smallest absolute Gasteiger partial charge is 0.407 e. The predicted octanol–water partition coefficient (Wildman–Crippen LogP) is 5.43. The van der Waals surface area contributed by atoms with E-state index in [1.165, 1.54) is 7.11 Å². The van der Waals surface area contributed by atoms with E-state index in [1.54, 1.807) is 0 Å². The van der Waals surface area contributed by atoms with E-state index in [-0.39, 0.29) is 5.97 Å². The van der Waals surface area contributed by atoms with Crippen molar-refractivity contribution in [3.8, 4) is 5.75 Å². The van der Waals surface area contributed by atoms with Crippen molar-refractivity contribution in [2.24, 2.45) is 0 Å². The van der Waals surface area contributed by atoms with E-state index >= 15 is 0 Å². The molecule has 1 N–H and O–H groups in total. The average molecular weight is 540 g/mol. The van der Waals surface area contributed by atoms with Crippen LogP contribution in [0.5, 0.6) is 5.75 Å². The van der Waals surface area contributed by atoms with Crippen LogP contribution in [0.1, 0.15) is 77.7 Å². The first-order chi connectivity index (χ1) is 18.3. The Morgan fingerprint density at radius 1 is 0.763 bits per heavy atom. The molecule has 1 aromatic carbocycles. The van der Waals surface area contributed by atoms with Crippen molar-refractivity contribution in [3.63, 3.8) is 0 Å². The van der Waals surface area contributed by atoms with Gasteiger partial charge in [-0.3, -0.25) is 4.79 Å². The maximum absolute atomic E-state index is 11.8. The van der Waals surface area contributed by atoms with Crippen molar-refractivity contribution < 1.29 is 38.0 Å². The van der Waals surface area contributed by atoms with E-state index < -0.39 is 11.7 Å². The molecule has 9 nitrogen and oxygen atoms in total. The van der Waals surface area contributed by atoms with Gasteiger partial charge in [0.05, 0.1) is 40.1 Å². The highest BCUT2D eigenvalue weighted by molar-refractivity contribution is 5.69. The second-order valence-electron chi connectivity index (χ2n) is 9.99. The summed E-state index contributed by atoms with van der Waals surface area (Å²) in [6.45, 7) is 10.3. The van der Waals surface area contributed by atoms with Crippen molar-refractivity contribution in [1.29, 1.82) is 0 Å². The van der Waals surface area contributed by atoms with Crippen LogP contribution in [0.25, 0.3) is 0 Å². The fourth-order valence-electron chi connectivity index (χ4n) is 3.38. The highest BCUT2D eigenvalue weighted by atomic mass is 16.6. The summed E-state index contributed by atoms with van der Waals surface area (Å²) in [4.78, 5) is 22.8. The molecule has 0 aliphatic carbocycles. The molecule has 0 saturated heterocycles. The molecule has 218 valence electrons. The Bertz CT molecular complexity index is 750. The normalized spacial score (nSPS) is 11.3. The van der Waals surface area contributed by atoms with Gasteiger partial charge in [-0.15, -0.1) is 0 Å². The van der Waals surface area contributed by atoms with Crippen LogP contribution in [0, 0.1) is 0 Å². The number of esters is 1. The summed E-state index contributed by atoms with van der Waals surface area (Å²) >= 11 is 0. The Morgan fingerprint density at radius 2 is 1.34 bits per heavy atom. The number of hydrogen-bond acceptors (Lipinski definition) is 8. The summed E-state index contributed by atoms with van der Waals surface area (Å²) in [5.74, 6) is 0.649. The maximum Gasteiger partial charge on any atom is 0.407 e. The van der Waals surface area contributed by atoms with Gasteiger partial charge in [0.1, 0.15) is 11.4 Å². The second-order valence-corrected chi connectivity index (χ2v) is 9.99. The monoisotopic (exact) mass is 539 g/mol. The molecule has 1 amide bonds. The van der Waals surface area contributed by atoms with Gasteiger partial charge in [-0.05, 0) is 70.6 Å². The van der Waals surface area contributed by atoms with Crippen LogP contribution >= 0.6 is 0 Å². The van der Waals surface area contributed by atoms with Crippen LogP contribution in [-0.4, -0.2) is 71.0 Å². The van der Waals surface area contributed by atoms with Crippen molar-refractivity contribution in [2.45, 2.75) is 84.3 Å². The zero-order chi connectivity index (χ0) is 27.9. The molecule has 0 saturated carbocycles. The number of hydrogen-bond donors (Lipinski definition) is 1. The molecule has 0 radical (unpaired) electrons. The number of unbranched alkanes of at least 4 members (excludes halogenated alkanes) is 5. The summed E-state index contributed by atoms with van der Waals surface area (Å²) in [7, 11) is 1.41. The van der Waals surface area contributed by atoms with Gasteiger partial charge in [0, 0.05) is 26.2 Å². The van der Waals surface area contributed by atoms with Crippen LogP contribution in [0.4, 0.5) is 4.79 Å². The lowest BCUT2D eigenvalue weighted by atomic mass is 10.2. The van der Waals surface area contributed by atoms with Gasteiger partial charge in [-0.25, -0.2) is 4.79 Å². The van der Waals surface area contributed by atoms with Crippen LogP contribution in [-0.2, 0) is 35.0 Å². The zero-order valence-corrected chi connectivity index (χ0v) is 23.9. The number of methoxy groups -OCH3 is 1. The van der Waals surface area contributed by atoms with Gasteiger partial charge in [-0.1, -0.05) is 25.0 Å². The first kappa shape index (κ1) is 33.7. The zero-order valence-electron chi connectivity index (χ0n) is 23.9. The topological polar surface area (TPSA) is 102 Å². The summed E-state index contributed by atoms with van der Waals surface area (Å²) < 4.78 is 32.4. The summed E-state index contributed by atoms with van der Waals surface area (Å²) in [6, 6.07) is 7.74. The molecule has 38 heavy (non-hydrogen) atoms. The quantitative estimate of drug-likeness (QED) is 0.154. The number of benzene rings is 1. The van der Waals surface area contributed by atoms with Gasteiger partial charge in [0.2, 0.25) is 0 Å². The number of ether oxygens (including phenoxy) is 6. The standard InChI is InChI=1S/C29H49NO8/c1-29(2,3)38-28(32)30-24-25-13-12-14-26(23-25)37-18-11-6-5-9-16-34-19-21-36-22-20-35-17-10-7-8-15-27(31)33-4/h12-14,23H,5-11,15-22,24H2,1-4H3,(H,30,32). The number of rotatable bonds is 22. The summed E-state index contributed by atoms with van der Waals surface area (Å²) in [5, 5.41) is 2.76. The predicted molar refractivity (Wildman–Crippen MR) is 146 cm³/mol. The minimum absolute atomic E-state index is 0.154. The van der Waals surface area contributed by atoms with Crippen LogP contribution < -0.4 is 10.1 Å². The number of carbonyl (C=O) groups is 2. The van der Waals surface area contributed by atoms with Gasteiger partial charge in [-0.2, -0.15) is 0 Å². The highest BCUT2D eigenvalue weighted by Crippen LogP contribution is 2.15. The molecule has 0 spiro atoms. The second kappa shape index (κ2) is 21.6. The number of carbonyl (C=O) groups excluding carboxylic acids is 2. The fraction of sp³-hybridized carbons (Fsp3) is 0.724. The Balaban J connectivity index is 1.88. The molecular formula is C29H49NO8. The SMILES string of the molecule is COC(=O)CCCCCOCCOCCOCCCCCCOc1cccc(CNC(=O)OC(C)(C)C)c1. The third-order valence-corrected chi connectivity index (χ3v) is 5.33. The van der Waals surface area contributed by atoms with Gasteiger partial charge >= 0.3 is 12.1 Å². The number of alkyl carbamates (subject to hydrolysis) is 1. The summed E-state index contributed by atoms with van der Waals surface area (Å²) in [6.07, 6.45) is 6.96. The van der Waals surface area contributed by atoms with Crippen molar-refractivity contribution in [2.75, 3.05) is 53.4 Å². The van der Waals surface area contributed by atoms with E-state index in [9.17, 15) is 9.59 Å². The lowest BCUT2D eigenvalue weighted by Crippen LogP contribution is -2.32. The van der Waals surface area contributed by atoms with E-state index in [4.69, 9.17) is 23.7 Å². The lowest BCUT2D eigenvalue weighted by Gasteiger charge is -2.19. The van der Waals surface area contributed by atoms with Crippen LogP contribution in [0.2, 0.25) is 0 Å². The Hall–Kier alpha value is -2.36. The molecule has 0 bridgehead atoms. The van der Waals surface area contributed by atoms with Crippen molar-refractivity contribution in [3.05, 3.63) is 29.8 Å². The minimum atomic E-state index is -0.512. The van der Waals surface area contributed by atoms with E-state index in [0.717, 1.165) is 62.9 Å². The Kier molecular flexibility index (Phi) is 19.1. The number of nitrogens with one attached hydrogen (secondary N) is 1. The lowest BCUT2D eigenvalue weighted by molar-refractivity contribution is -0.140.